The summed E-state index contributed by atoms with van der Waals surface area (Å²) in [5, 5.41) is 0. The molecule has 0 heterocycles. The van der Waals surface area contributed by atoms with E-state index in [1.54, 1.807) is 0 Å². The van der Waals surface area contributed by atoms with E-state index in [2.05, 4.69) is 0 Å². The summed E-state index contributed by atoms with van der Waals surface area (Å²) in [7, 11) is 1.95. The Kier molecular flexibility index (Phi) is 4.46. The first-order valence-corrected chi connectivity index (χ1v) is 7.21. The zero-order chi connectivity index (χ0) is 13.8. The lowest BCUT2D eigenvalue weighted by molar-refractivity contribution is -0.133. The number of nitrogens with two attached hydrogens (primary N) is 1. The summed E-state index contributed by atoms with van der Waals surface area (Å²) in [5.41, 5.74) is 7.52. The van der Waals surface area contributed by atoms with E-state index in [9.17, 15) is 4.79 Å². The van der Waals surface area contributed by atoms with Crippen molar-refractivity contribution in [1.29, 1.82) is 0 Å². The summed E-state index contributed by atoms with van der Waals surface area (Å²) >= 11 is 0. The number of nitrogen functional groups attached to an aromatic ring is 1. The summed E-state index contributed by atoms with van der Waals surface area (Å²) in [5.74, 6) is 0.0907. The van der Waals surface area contributed by atoms with Gasteiger partial charge in [0.05, 0.1) is 5.92 Å². The van der Waals surface area contributed by atoms with Crippen LogP contribution in [0.5, 0.6) is 0 Å². The van der Waals surface area contributed by atoms with Gasteiger partial charge in [0, 0.05) is 18.8 Å². The molecule has 1 amide bonds. The molecule has 1 fully saturated rings. The van der Waals surface area contributed by atoms with Crippen LogP contribution >= 0.6 is 0 Å². The second-order valence-corrected chi connectivity index (χ2v) is 5.63. The molecule has 2 rings (SSSR count). The SMILES string of the molecule is CC(C(=O)N(C)C1CCCCC1)c1cccc(N)c1. The molecule has 0 bridgehead atoms. The molecular formula is C16H24N2O. The van der Waals surface area contributed by atoms with Gasteiger partial charge in [0.25, 0.3) is 0 Å². The number of likely N-dealkylation sites (N-methyl/N-ethyl adjacent to an activating group) is 1. The monoisotopic (exact) mass is 260 g/mol. The highest BCUT2D eigenvalue weighted by Crippen LogP contribution is 2.26. The first-order valence-electron chi connectivity index (χ1n) is 7.21. The van der Waals surface area contributed by atoms with Gasteiger partial charge in [0.2, 0.25) is 5.91 Å². The summed E-state index contributed by atoms with van der Waals surface area (Å²) in [6, 6.07) is 8.07. The maximum Gasteiger partial charge on any atom is 0.229 e. The number of amides is 1. The smallest absolute Gasteiger partial charge is 0.229 e. The largest absolute Gasteiger partial charge is 0.399 e. The van der Waals surface area contributed by atoms with Crippen LogP contribution in [-0.2, 0) is 4.79 Å². The molecule has 0 spiro atoms. The van der Waals surface area contributed by atoms with Crippen molar-refractivity contribution >= 4 is 11.6 Å². The first-order chi connectivity index (χ1) is 9.09. The van der Waals surface area contributed by atoms with Gasteiger partial charge >= 0.3 is 0 Å². The number of nitrogens with zero attached hydrogens (tertiary/aromatic N) is 1. The van der Waals surface area contributed by atoms with Crippen LogP contribution in [0.15, 0.2) is 24.3 Å². The number of benzene rings is 1. The maximum atomic E-state index is 12.5. The number of rotatable bonds is 3. The van der Waals surface area contributed by atoms with E-state index in [1.807, 2.05) is 43.1 Å². The Balaban J connectivity index is 2.05. The van der Waals surface area contributed by atoms with Crippen LogP contribution in [0.3, 0.4) is 0 Å². The molecule has 1 saturated carbocycles. The molecule has 0 radical (unpaired) electrons. The van der Waals surface area contributed by atoms with Crippen molar-refractivity contribution in [1.82, 2.24) is 4.90 Å². The van der Waals surface area contributed by atoms with Crippen LogP contribution in [0.4, 0.5) is 5.69 Å². The highest BCUT2D eigenvalue weighted by Gasteiger charge is 2.26. The summed E-state index contributed by atoms with van der Waals surface area (Å²) < 4.78 is 0. The average molecular weight is 260 g/mol. The highest BCUT2D eigenvalue weighted by molar-refractivity contribution is 5.83. The van der Waals surface area contributed by atoms with Crippen LogP contribution in [0.2, 0.25) is 0 Å². The van der Waals surface area contributed by atoms with Crippen molar-refractivity contribution in [3.8, 4) is 0 Å². The third-order valence-corrected chi connectivity index (χ3v) is 4.25. The Morgan fingerprint density at radius 2 is 2.00 bits per heavy atom. The number of carbonyl (C=O) groups excluding carboxylic acids is 1. The second-order valence-electron chi connectivity index (χ2n) is 5.63. The molecule has 1 aromatic rings. The summed E-state index contributed by atoms with van der Waals surface area (Å²) in [6.07, 6.45) is 6.09. The van der Waals surface area contributed by atoms with E-state index in [0.29, 0.717) is 6.04 Å². The molecule has 3 heteroatoms. The highest BCUT2D eigenvalue weighted by atomic mass is 16.2. The molecular weight excluding hydrogens is 236 g/mol. The Morgan fingerprint density at radius 3 is 2.63 bits per heavy atom. The van der Waals surface area contributed by atoms with Crippen LogP contribution < -0.4 is 5.73 Å². The summed E-state index contributed by atoms with van der Waals surface area (Å²) in [6.45, 7) is 1.97. The molecule has 0 aromatic heterocycles. The van der Waals surface area contributed by atoms with Gasteiger partial charge in [0.15, 0.2) is 0 Å². The molecule has 2 N–H and O–H groups in total. The van der Waals surface area contributed by atoms with Crippen LogP contribution in [0.1, 0.15) is 50.5 Å². The normalized spacial score (nSPS) is 18.0. The molecule has 1 aromatic carbocycles. The minimum absolute atomic E-state index is 0.115. The van der Waals surface area contributed by atoms with Crippen molar-refractivity contribution in [3.05, 3.63) is 29.8 Å². The number of carbonyl (C=O) groups is 1. The average Bonchev–Trinajstić information content (AvgIpc) is 2.46. The van der Waals surface area contributed by atoms with Crippen molar-refractivity contribution in [2.75, 3.05) is 12.8 Å². The van der Waals surface area contributed by atoms with Crippen molar-refractivity contribution in [2.45, 2.75) is 51.0 Å². The predicted molar refractivity (Wildman–Crippen MR) is 78.9 cm³/mol. The quantitative estimate of drug-likeness (QED) is 0.848. The fourth-order valence-corrected chi connectivity index (χ4v) is 2.92. The fraction of sp³-hybridized carbons (Fsp3) is 0.562. The van der Waals surface area contributed by atoms with Gasteiger partial charge in [-0.25, -0.2) is 0 Å². The minimum Gasteiger partial charge on any atom is -0.399 e. The molecule has 1 unspecified atom stereocenters. The van der Waals surface area contributed by atoms with E-state index < -0.39 is 0 Å². The Labute approximate surface area is 115 Å². The molecule has 19 heavy (non-hydrogen) atoms. The Hall–Kier alpha value is -1.51. The van der Waals surface area contributed by atoms with Crippen LogP contribution in [0, 0.1) is 0 Å². The van der Waals surface area contributed by atoms with Crippen molar-refractivity contribution < 1.29 is 4.79 Å². The first kappa shape index (κ1) is 13.9. The zero-order valence-corrected chi connectivity index (χ0v) is 11.9. The van der Waals surface area contributed by atoms with Gasteiger partial charge in [-0.2, -0.15) is 0 Å². The molecule has 1 aliphatic carbocycles. The van der Waals surface area contributed by atoms with E-state index in [-0.39, 0.29) is 11.8 Å². The molecule has 3 nitrogen and oxygen atoms in total. The molecule has 1 aliphatic rings. The number of hydrogen-bond acceptors (Lipinski definition) is 2. The number of anilines is 1. The van der Waals surface area contributed by atoms with E-state index in [1.165, 1.54) is 19.3 Å². The van der Waals surface area contributed by atoms with Gasteiger partial charge < -0.3 is 10.6 Å². The van der Waals surface area contributed by atoms with Crippen LogP contribution in [0.25, 0.3) is 0 Å². The Morgan fingerprint density at radius 1 is 1.32 bits per heavy atom. The zero-order valence-electron chi connectivity index (χ0n) is 11.9. The maximum absolute atomic E-state index is 12.5. The molecule has 104 valence electrons. The van der Waals surface area contributed by atoms with Crippen molar-refractivity contribution in [3.63, 3.8) is 0 Å². The van der Waals surface area contributed by atoms with Crippen molar-refractivity contribution in [2.24, 2.45) is 0 Å². The fourth-order valence-electron chi connectivity index (χ4n) is 2.92. The van der Waals surface area contributed by atoms with E-state index in [0.717, 1.165) is 24.1 Å². The van der Waals surface area contributed by atoms with Gasteiger partial charge in [-0.15, -0.1) is 0 Å². The minimum atomic E-state index is -0.115. The second kappa shape index (κ2) is 6.09. The molecule has 0 saturated heterocycles. The number of hydrogen-bond donors (Lipinski definition) is 1. The molecule has 1 atom stereocenters. The third-order valence-electron chi connectivity index (χ3n) is 4.25. The third kappa shape index (κ3) is 3.28. The Bertz CT molecular complexity index is 438. The topological polar surface area (TPSA) is 46.3 Å². The molecule has 0 aliphatic heterocycles. The summed E-state index contributed by atoms with van der Waals surface area (Å²) in [4.78, 5) is 14.5. The van der Waals surface area contributed by atoms with Gasteiger partial charge in [0.1, 0.15) is 0 Å². The lowest BCUT2D eigenvalue weighted by atomic mass is 9.92. The predicted octanol–water partition coefficient (Wildman–Crippen LogP) is 3.16. The standard InChI is InChI=1S/C16H24N2O/c1-12(13-7-6-8-14(17)11-13)16(19)18(2)15-9-4-3-5-10-15/h6-8,11-12,15H,3-5,9-10,17H2,1-2H3. The van der Waals surface area contributed by atoms with Gasteiger partial charge in [-0.3, -0.25) is 4.79 Å². The van der Waals surface area contributed by atoms with Crippen LogP contribution in [-0.4, -0.2) is 23.9 Å². The lowest BCUT2D eigenvalue weighted by Crippen LogP contribution is -2.40. The van der Waals surface area contributed by atoms with E-state index >= 15 is 0 Å². The van der Waals surface area contributed by atoms with E-state index in [4.69, 9.17) is 5.73 Å². The lowest BCUT2D eigenvalue weighted by Gasteiger charge is -2.33. The van der Waals surface area contributed by atoms with Gasteiger partial charge in [-0.1, -0.05) is 31.4 Å². The van der Waals surface area contributed by atoms with Gasteiger partial charge in [-0.05, 0) is 37.5 Å².